The first-order chi connectivity index (χ1) is 9.56. The van der Waals surface area contributed by atoms with E-state index in [0.717, 1.165) is 18.8 Å². The fraction of sp³-hybridized carbons (Fsp3) is 0.571. The molecule has 1 fully saturated rings. The lowest BCUT2D eigenvalue weighted by molar-refractivity contribution is -0.383. The molecule has 3 N–H and O–H groups in total. The molecule has 0 bridgehead atoms. The molecule has 1 aromatic carbocycles. The number of hydrogen-bond acceptors (Lipinski definition) is 5. The highest BCUT2D eigenvalue weighted by atomic mass is 16.6. The monoisotopic (exact) mass is 278 g/mol. The standard InChI is InChI=1S/C14H22N4O2/c1-11(10-17-6-2-3-7-17)9-16-12-4-5-14(18(19)20)13(15)8-12/h4-5,8,11,16H,2-3,6-7,9-10,15H2,1H3. The summed E-state index contributed by atoms with van der Waals surface area (Å²) in [6.07, 6.45) is 2.61. The molecular formula is C14H22N4O2. The molecule has 1 unspecified atom stereocenters. The van der Waals surface area contributed by atoms with Gasteiger partial charge in [0, 0.05) is 24.8 Å². The van der Waals surface area contributed by atoms with E-state index in [1.165, 1.54) is 32.0 Å². The van der Waals surface area contributed by atoms with E-state index in [2.05, 4.69) is 17.1 Å². The van der Waals surface area contributed by atoms with Crippen molar-refractivity contribution in [1.29, 1.82) is 0 Å². The smallest absolute Gasteiger partial charge is 0.292 e. The summed E-state index contributed by atoms with van der Waals surface area (Å²) in [5, 5.41) is 14.0. The van der Waals surface area contributed by atoms with E-state index in [1.807, 2.05) is 0 Å². The van der Waals surface area contributed by atoms with Crippen molar-refractivity contribution in [1.82, 2.24) is 4.90 Å². The number of benzene rings is 1. The van der Waals surface area contributed by atoms with E-state index in [9.17, 15) is 10.1 Å². The highest BCUT2D eigenvalue weighted by Gasteiger charge is 2.15. The minimum absolute atomic E-state index is 0.0411. The molecule has 1 heterocycles. The van der Waals surface area contributed by atoms with Crippen LogP contribution < -0.4 is 11.1 Å². The number of rotatable bonds is 6. The van der Waals surface area contributed by atoms with E-state index in [4.69, 9.17) is 5.73 Å². The number of nitro benzene ring substituents is 1. The molecule has 20 heavy (non-hydrogen) atoms. The van der Waals surface area contributed by atoms with E-state index in [0.29, 0.717) is 5.92 Å². The quantitative estimate of drug-likeness (QED) is 0.474. The molecule has 0 aliphatic carbocycles. The van der Waals surface area contributed by atoms with Gasteiger partial charge < -0.3 is 16.0 Å². The van der Waals surface area contributed by atoms with Gasteiger partial charge in [-0.3, -0.25) is 10.1 Å². The molecule has 1 saturated heterocycles. The van der Waals surface area contributed by atoms with Gasteiger partial charge in [-0.1, -0.05) is 6.92 Å². The van der Waals surface area contributed by atoms with Gasteiger partial charge in [-0.2, -0.15) is 0 Å². The van der Waals surface area contributed by atoms with E-state index >= 15 is 0 Å². The Hall–Kier alpha value is -1.82. The van der Waals surface area contributed by atoms with Gasteiger partial charge in [-0.25, -0.2) is 0 Å². The number of anilines is 2. The Bertz CT molecular complexity index is 472. The second kappa shape index (κ2) is 6.56. The molecule has 6 heteroatoms. The Morgan fingerprint density at radius 2 is 2.15 bits per heavy atom. The van der Waals surface area contributed by atoms with Crippen LogP contribution in [0, 0.1) is 16.0 Å². The van der Waals surface area contributed by atoms with Crippen LogP contribution >= 0.6 is 0 Å². The maximum absolute atomic E-state index is 10.7. The SMILES string of the molecule is CC(CNc1ccc([N+](=O)[O-])c(N)c1)CN1CCCC1. The summed E-state index contributed by atoms with van der Waals surface area (Å²) < 4.78 is 0. The molecular weight excluding hydrogens is 256 g/mol. The summed E-state index contributed by atoms with van der Waals surface area (Å²) in [7, 11) is 0. The third-order valence-electron chi connectivity index (χ3n) is 3.65. The zero-order valence-corrected chi connectivity index (χ0v) is 11.8. The maximum Gasteiger partial charge on any atom is 0.292 e. The van der Waals surface area contributed by atoms with Crippen LogP contribution in [0.25, 0.3) is 0 Å². The molecule has 1 aromatic rings. The van der Waals surface area contributed by atoms with Crippen LogP contribution in [0.4, 0.5) is 17.1 Å². The Balaban J connectivity index is 1.84. The molecule has 6 nitrogen and oxygen atoms in total. The van der Waals surface area contributed by atoms with Crippen molar-refractivity contribution in [2.45, 2.75) is 19.8 Å². The van der Waals surface area contributed by atoms with Crippen molar-refractivity contribution in [3.8, 4) is 0 Å². The largest absolute Gasteiger partial charge is 0.393 e. The fourth-order valence-electron chi connectivity index (χ4n) is 2.59. The fourth-order valence-corrected chi connectivity index (χ4v) is 2.59. The van der Waals surface area contributed by atoms with Gasteiger partial charge in [0.1, 0.15) is 5.69 Å². The van der Waals surface area contributed by atoms with Crippen LogP contribution in [0.3, 0.4) is 0 Å². The van der Waals surface area contributed by atoms with Gasteiger partial charge in [-0.05, 0) is 44.0 Å². The van der Waals surface area contributed by atoms with Crippen LogP contribution in [0.15, 0.2) is 18.2 Å². The lowest BCUT2D eigenvalue weighted by atomic mass is 10.1. The predicted molar refractivity (Wildman–Crippen MR) is 80.8 cm³/mol. The number of nitrogens with one attached hydrogen (secondary N) is 1. The molecule has 1 atom stereocenters. The third kappa shape index (κ3) is 3.84. The average Bonchev–Trinajstić information content (AvgIpc) is 2.89. The number of nitrogens with zero attached hydrogens (tertiary/aromatic N) is 2. The normalized spacial score (nSPS) is 17.1. The molecule has 2 rings (SSSR count). The minimum atomic E-state index is -0.463. The average molecular weight is 278 g/mol. The topological polar surface area (TPSA) is 84.4 Å². The molecule has 0 aromatic heterocycles. The summed E-state index contributed by atoms with van der Waals surface area (Å²) in [6, 6.07) is 4.78. The summed E-state index contributed by atoms with van der Waals surface area (Å²) in [5.74, 6) is 0.532. The van der Waals surface area contributed by atoms with Crippen LogP contribution in [-0.4, -0.2) is 36.0 Å². The number of nitrogens with two attached hydrogens (primary N) is 1. The number of nitro groups is 1. The van der Waals surface area contributed by atoms with E-state index in [1.54, 1.807) is 12.1 Å². The van der Waals surface area contributed by atoms with Crippen LogP contribution in [0.1, 0.15) is 19.8 Å². The second-order valence-electron chi connectivity index (χ2n) is 5.52. The van der Waals surface area contributed by atoms with E-state index < -0.39 is 4.92 Å². The molecule has 0 radical (unpaired) electrons. The van der Waals surface area contributed by atoms with Crippen molar-refractivity contribution in [3.63, 3.8) is 0 Å². The van der Waals surface area contributed by atoms with Gasteiger partial charge in [0.15, 0.2) is 0 Å². The third-order valence-corrected chi connectivity index (χ3v) is 3.65. The Morgan fingerprint density at radius 1 is 1.45 bits per heavy atom. The number of likely N-dealkylation sites (tertiary alicyclic amines) is 1. The van der Waals surface area contributed by atoms with Crippen LogP contribution in [0.2, 0.25) is 0 Å². The van der Waals surface area contributed by atoms with Crippen molar-refractivity contribution in [2.24, 2.45) is 5.92 Å². The van der Waals surface area contributed by atoms with Crippen molar-refractivity contribution >= 4 is 17.1 Å². The van der Waals surface area contributed by atoms with Gasteiger partial charge in [0.05, 0.1) is 4.92 Å². The molecule has 1 aliphatic heterocycles. The van der Waals surface area contributed by atoms with Crippen molar-refractivity contribution < 1.29 is 4.92 Å². The predicted octanol–water partition coefficient (Wildman–Crippen LogP) is 2.32. The second-order valence-corrected chi connectivity index (χ2v) is 5.52. The highest BCUT2D eigenvalue weighted by Crippen LogP contribution is 2.24. The lowest BCUT2D eigenvalue weighted by Gasteiger charge is -2.20. The molecule has 110 valence electrons. The van der Waals surface area contributed by atoms with Crippen molar-refractivity contribution in [2.75, 3.05) is 37.2 Å². The first-order valence-corrected chi connectivity index (χ1v) is 7.06. The Kier molecular flexibility index (Phi) is 4.79. The van der Waals surface area contributed by atoms with Gasteiger partial charge >= 0.3 is 0 Å². The van der Waals surface area contributed by atoms with Gasteiger partial charge in [0.25, 0.3) is 5.69 Å². The zero-order valence-electron chi connectivity index (χ0n) is 11.8. The highest BCUT2D eigenvalue weighted by molar-refractivity contribution is 5.65. The Morgan fingerprint density at radius 3 is 2.75 bits per heavy atom. The molecule has 1 aliphatic rings. The van der Waals surface area contributed by atoms with Crippen molar-refractivity contribution in [3.05, 3.63) is 28.3 Å². The summed E-state index contributed by atoms with van der Waals surface area (Å²) in [6.45, 7) is 6.55. The van der Waals surface area contributed by atoms with Gasteiger partial charge in [0.2, 0.25) is 0 Å². The first kappa shape index (κ1) is 14.6. The number of hydrogen-bond donors (Lipinski definition) is 2. The Labute approximate surface area is 119 Å². The van der Waals surface area contributed by atoms with E-state index in [-0.39, 0.29) is 11.4 Å². The van der Waals surface area contributed by atoms with Crippen LogP contribution in [-0.2, 0) is 0 Å². The summed E-state index contributed by atoms with van der Waals surface area (Å²) >= 11 is 0. The minimum Gasteiger partial charge on any atom is -0.393 e. The number of nitrogen functional groups attached to an aromatic ring is 1. The van der Waals surface area contributed by atoms with Crippen LogP contribution in [0.5, 0.6) is 0 Å². The first-order valence-electron chi connectivity index (χ1n) is 7.06. The lowest BCUT2D eigenvalue weighted by Crippen LogP contribution is -2.28. The molecule has 0 saturated carbocycles. The summed E-state index contributed by atoms with van der Waals surface area (Å²) in [4.78, 5) is 12.7. The summed E-state index contributed by atoms with van der Waals surface area (Å²) in [5.41, 5.74) is 6.67. The molecule has 0 amide bonds. The molecule has 0 spiro atoms. The maximum atomic E-state index is 10.7. The zero-order chi connectivity index (χ0) is 14.5. The van der Waals surface area contributed by atoms with Gasteiger partial charge in [-0.15, -0.1) is 0 Å².